The summed E-state index contributed by atoms with van der Waals surface area (Å²) in [6, 6.07) is 0. The van der Waals surface area contributed by atoms with Crippen LogP contribution in [-0.2, 0) is 23.7 Å². The predicted octanol–water partition coefficient (Wildman–Crippen LogP) is 11.5. The van der Waals surface area contributed by atoms with Crippen LogP contribution in [0.5, 0.6) is 0 Å². The Hall–Kier alpha value is -1.59. The van der Waals surface area contributed by atoms with Crippen LogP contribution < -0.4 is 0 Å². The highest BCUT2D eigenvalue weighted by Gasteiger charge is 2.44. The fraction of sp³-hybridized carbons (Fsp3) is 0.860. The fourth-order valence-corrected chi connectivity index (χ4v) is 7.44. The van der Waals surface area contributed by atoms with E-state index in [1.54, 1.807) is 0 Å². The smallest absolute Gasteiger partial charge is 0.306 e. The molecule has 0 radical (unpaired) electrons. The van der Waals surface area contributed by atoms with Gasteiger partial charge in [-0.25, -0.2) is 0 Å². The van der Waals surface area contributed by atoms with Crippen molar-refractivity contribution in [3.63, 3.8) is 0 Å². The Bertz CT molecular complexity index is 999. The van der Waals surface area contributed by atoms with Gasteiger partial charge in [0.15, 0.2) is 6.29 Å². The number of hydrogen-bond donors (Lipinski definition) is 4. The number of carbonyl (C=O) groups is 1. The summed E-state index contributed by atoms with van der Waals surface area (Å²) in [5.41, 5.74) is 0. The Morgan fingerprint density at radius 2 is 0.983 bits per heavy atom. The number of allylic oxidation sites excluding steroid dienone is 6. The Labute approximate surface area is 361 Å². The highest BCUT2D eigenvalue weighted by molar-refractivity contribution is 5.69. The first-order valence-corrected chi connectivity index (χ1v) is 24.6. The molecule has 0 aromatic rings. The van der Waals surface area contributed by atoms with E-state index in [2.05, 4.69) is 50.3 Å². The van der Waals surface area contributed by atoms with Gasteiger partial charge in [-0.1, -0.05) is 192 Å². The number of hydrogen-bond acceptors (Lipinski definition) is 9. The summed E-state index contributed by atoms with van der Waals surface area (Å²) >= 11 is 0. The molecule has 0 aliphatic carbocycles. The summed E-state index contributed by atoms with van der Waals surface area (Å²) in [6.45, 7) is 4.56. The zero-order valence-corrected chi connectivity index (χ0v) is 38.0. The summed E-state index contributed by atoms with van der Waals surface area (Å²) in [5.74, 6) is -0.319. The van der Waals surface area contributed by atoms with Gasteiger partial charge in [0.1, 0.15) is 30.5 Å². The fourth-order valence-electron chi connectivity index (χ4n) is 7.44. The van der Waals surface area contributed by atoms with E-state index in [-0.39, 0.29) is 19.2 Å². The molecule has 1 rings (SSSR count). The van der Waals surface area contributed by atoms with E-state index in [1.807, 2.05) is 0 Å². The van der Waals surface area contributed by atoms with Crippen molar-refractivity contribution >= 4 is 5.97 Å². The second-order valence-corrected chi connectivity index (χ2v) is 16.9. The molecule has 0 saturated carbocycles. The van der Waals surface area contributed by atoms with Gasteiger partial charge in [-0.3, -0.25) is 4.79 Å². The average molecular weight is 837 g/mol. The lowest BCUT2D eigenvalue weighted by molar-refractivity contribution is -0.305. The summed E-state index contributed by atoms with van der Waals surface area (Å²) in [5, 5.41) is 40.2. The molecule has 346 valence electrons. The molecule has 1 fully saturated rings. The predicted molar refractivity (Wildman–Crippen MR) is 242 cm³/mol. The highest BCUT2D eigenvalue weighted by atomic mass is 16.7. The molecule has 0 aromatic carbocycles. The third kappa shape index (κ3) is 32.7. The van der Waals surface area contributed by atoms with Gasteiger partial charge in [0, 0.05) is 13.0 Å². The average Bonchev–Trinajstić information content (AvgIpc) is 3.24. The zero-order chi connectivity index (χ0) is 42.9. The zero-order valence-electron chi connectivity index (χ0n) is 38.0. The Morgan fingerprint density at radius 3 is 1.47 bits per heavy atom. The van der Waals surface area contributed by atoms with Crippen LogP contribution >= 0.6 is 0 Å². The number of esters is 1. The molecular weight excluding hydrogens is 745 g/mol. The second kappa shape index (κ2) is 41.7. The number of aliphatic hydroxyl groups excluding tert-OH is 4. The Kier molecular flexibility index (Phi) is 39.2. The van der Waals surface area contributed by atoms with E-state index in [9.17, 15) is 25.2 Å². The summed E-state index contributed by atoms with van der Waals surface area (Å²) < 4.78 is 22.8. The lowest BCUT2D eigenvalue weighted by Crippen LogP contribution is -2.59. The lowest BCUT2D eigenvalue weighted by atomic mass is 9.99. The van der Waals surface area contributed by atoms with Gasteiger partial charge < -0.3 is 39.4 Å². The van der Waals surface area contributed by atoms with Gasteiger partial charge in [0.25, 0.3) is 0 Å². The molecule has 1 saturated heterocycles. The normalized spacial score (nSPS) is 20.4. The van der Waals surface area contributed by atoms with Crippen molar-refractivity contribution in [3.8, 4) is 0 Å². The quantitative estimate of drug-likeness (QED) is 0.0269. The molecule has 59 heavy (non-hydrogen) atoms. The molecule has 0 bridgehead atoms. The molecule has 0 aromatic heterocycles. The maximum atomic E-state index is 12.8. The van der Waals surface area contributed by atoms with Crippen LogP contribution in [0.15, 0.2) is 36.5 Å². The van der Waals surface area contributed by atoms with Gasteiger partial charge >= 0.3 is 5.97 Å². The van der Waals surface area contributed by atoms with Crippen molar-refractivity contribution in [3.05, 3.63) is 36.5 Å². The van der Waals surface area contributed by atoms with E-state index >= 15 is 0 Å². The van der Waals surface area contributed by atoms with Gasteiger partial charge in [0.05, 0.1) is 19.8 Å². The molecule has 6 unspecified atom stereocenters. The van der Waals surface area contributed by atoms with Crippen LogP contribution in [0, 0.1) is 0 Å². The van der Waals surface area contributed by atoms with Crippen molar-refractivity contribution in [2.75, 3.05) is 26.4 Å². The second-order valence-electron chi connectivity index (χ2n) is 16.9. The third-order valence-corrected chi connectivity index (χ3v) is 11.3. The van der Waals surface area contributed by atoms with Crippen LogP contribution in [-0.4, -0.2) is 89.6 Å². The molecule has 4 N–H and O–H groups in total. The highest BCUT2D eigenvalue weighted by Crippen LogP contribution is 2.23. The summed E-state index contributed by atoms with van der Waals surface area (Å²) in [7, 11) is 0. The standard InChI is InChI=1S/C50H92O9/c1-3-5-7-9-11-13-15-17-18-19-20-21-22-23-24-25-26-27-29-31-33-35-37-39-46(52)58-44(43-57-50-49(55)48(54)47(53)45(41-51)59-50)42-56-40-38-36-34-32-30-28-16-14-12-10-8-6-4-2/h15,17,19-20,22-23,44-45,47-51,53-55H,3-14,16,18,21,24-43H2,1-2H3/b17-15-,20-19-,23-22-. The minimum absolute atomic E-state index is 0.114. The van der Waals surface area contributed by atoms with Crippen molar-refractivity contribution in [2.45, 2.75) is 250 Å². The number of carbonyl (C=O) groups excluding carboxylic acids is 1. The van der Waals surface area contributed by atoms with E-state index in [0.717, 1.165) is 51.4 Å². The summed E-state index contributed by atoms with van der Waals surface area (Å²) in [4.78, 5) is 12.8. The molecular formula is C50H92O9. The minimum Gasteiger partial charge on any atom is -0.457 e. The van der Waals surface area contributed by atoms with Crippen molar-refractivity contribution in [1.82, 2.24) is 0 Å². The van der Waals surface area contributed by atoms with Crippen LogP contribution in [0.1, 0.15) is 213 Å². The van der Waals surface area contributed by atoms with Gasteiger partial charge in [0.2, 0.25) is 0 Å². The van der Waals surface area contributed by atoms with E-state index in [0.29, 0.717) is 13.0 Å². The van der Waals surface area contributed by atoms with Crippen molar-refractivity contribution < 1.29 is 44.2 Å². The first-order chi connectivity index (χ1) is 28.9. The number of aliphatic hydroxyl groups is 4. The molecule has 1 aliphatic heterocycles. The van der Waals surface area contributed by atoms with Crippen LogP contribution in [0.4, 0.5) is 0 Å². The maximum Gasteiger partial charge on any atom is 0.306 e. The molecule has 1 aliphatic rings. The Balaban J connectivity index is 2.21. The Morgan fingerprint density at radius 1 is 0.542 bits per heavy atom. The van der Waals surface area contributed by atoms with Crippen LogP contribution in [0.2, 0.25) is 0 Å². The first-order valence-electron chi connectivity index (χ1n) is 24.6. The van der Waals surface area contributed by atoms with Crippen molar-refractivity contribution in [1.29, 1.82) is 0 Å². The monoisotopic (exact) mass is 837 g/mol. The topological polar surface area (TPSA) is 135 Å². The van der Waals surface area contributed by atoms with Crippen LogP contribution in [0.25, 0.3) is 0 Å². The SMILES string of the molecule is CCCCCCC/C=C\C/C=C\C/C=C\CCCCCCCCCCC(=O)OC(COCCCCCCCCCCCCCCC)COC1OC(CO)C(O)C(O)C1O. The molecule has 6 atom stereocenters. The van der Waals surface area contributed by atoms with Gasteiger partial charge in [-0.2, -0.15) is 0 Å². The largest absolute Gasteiger partial charge is 0.457 e. The number of ether oxygens (including phenoxy) is 4. The number of unbranched alkanes of at least 4 members (excludes halogenated alkanes) is 25. The molecule has 0 spiro atoms. The molecule has 0 amide bonds. The van der Waals surface area contributed by atoms with E-state index in [1.165, 1.54) is 141 Å². The third-order valence-electron chi connectivity index (χ3n) is 11.3. The number of rotatable bonds is 42. The van der Waals surface area contributed by atoms with Gasteiger partial charge in [-0.05, 0) is 51.4 Å². The minimum atomic E-state index is -1.54. The maximum absolute atomic E-state index is 12.8. The lowest BCUT2D eigenvalue weighted by Gasteiger charge is -2.39. The first kappa shape index (κ1) is 55.4. The van der Waals surface area contributed by atoms with E-state index < -0.39 is 43.4 Å². The van der Waals surface area contributed by atoms with Crippen LogP contribution in [0.3, 0.4) is 0 Å². The summed E-state index contributed by atoms with van der Waals surface area (Å²) in [6.07, 6.45) is 43.1. The molecule has 9 nitrogen and oxygen atoms in total. The molecule has 1 heterocycles. The molecule has 9 heteroatoms. The van der Waals surface area contributed by atoms with E-state index in [4.69, 9.17) is 18.9 Å². The van der Waals surface area contributed by atoms with Crippen molar-refractivity contribution in [2.24, 2.45) is 0 Å². The van der Waals surface area contributed by atoms with Gasteiger partial charge in [-0.15, -0.1) is 0 Å².